The highest BCUT2D eigenvalue weighted by Crippen LogP contribution is 2.42. The van der Waals surface area contributed by atoms with E-state index in [2.05, 4.69) is 41.6 Å². The first-order chi connectivity index (χ1) is 7.24. The van der Waals surface area contributed by atoms with Gasteiger partial charge in [-0.1, -0.05) is 13.8 Å². The lowest BCUT2D eigenvalue weighted by Gasteiger charge is -2.12. The Morgan fingerprint density at radius 1 is 1.60 bits per heavy atom. The van der Waals surface area contributed by atoms with Gasteiger partial charge in [-0.3, -0.25) is 0 Å². The molecule has 1 aliphatic carbocycles. The van der Waals surface area contributed by atoms with Crippen molar-refractivity contribution in [2.75, 3.05) is 6.54 Å². The Morgan fingerprint density at radius 3 is 2.93 bits per heavy atom. The van der Waals surface area contributed by atoms with E-state index in [9.17, 15) is 0 Å². The Labute approximate surface area is 90.2 Å². The minimum absolute atomic E-state index is 0.243. The summed E-state index contributed by atoms with van der Waals surface area (Å²) in [4.78, 5) is 0. The van der Waals surface area contributed by atoms with Gasteiger partial charge in [0.05, 0.1) is 12.1 Å². The van der Waals surface area contributed by atoms with Crippen LogP contribution in [-0.4, -0.2) is 26.8 Å². The van der Waals surface area contributed by atoms with E-state index in [0.29, 0.717) is 6.04 Å². The highest BCUT2D eigenvalue weighted by atomic mass is 15.6. The van der Waals surface area contributed by atoms with Crippen molar-refractivity contribution in [1.82, 2.24) is 25.5 Å². The molecule has 1 aromatic heterocycles. The smallest absolute Gasteiger partial charge is 0.168 e. The summed E-state index contributed by atoms with van der Waals surface area (Å²) in [5, 5.41) is 15.4. The summed E-state index contributed by atoms with van der Waals surface area (Å²) >= 11 is 0. The molecule has 1 heterocycles. The summed E-state index contributed by atoms with van der Waals surface area (Å²) in [5.74, 6) is 1.70. The highest BCUT2D eigenvalue weighted by Gasteiger charge is 2.37. The predicted molar refractivity (Wildman–Crippen MR) is 57.3 cm³/mol. The average molecular weight is 209 g/mol. The highest BCUT2D eigenvalue weighted by molar-refractivity contribution is 4.98. The standard InChI is InChI=1S/C10H19N5/c1-4-5-11-8(3)10-12-13-14-15(10)9-6-7(9)2/h7-9,11H,4-6H2,1-3H3. The lowest BCUT2D eigenvalue weighted by Crippen LogP contribution is -2.23. The lowest BCUT2D eigenvalue weighted by molar-refractivity contribution is 0.481. The third-order valence-electron chi connectivity index (χ3n) is 2.99. The molecule has 0 aliphatic heterocycles. The maximum absolute atomic E-state index is 4.10. The summed E-state index contributed by atoms with van der Waals surface area (Å²) < 4.78 is 1.98. The molecule has 5 nitrogen and oxygen atoms in total. The molecule has 0 amide bonds. The number of rotatable bonds is 5. The molecule has 0 radical (unpaired) electrons. The second kappa shape index (κ2) is 4.26. The van der Waals surface area contributed by atoms with E-state index in [1.165, 1.54) is 6.42 Å². The average Bonchev–Trinajstić information content (AvgIpc) is 2.79. The van der Waals surface area contributed by atoms with Crippen molar-refractivity contribution >= 4 is 0 Å². The van der Waals surface area contributed by atoms with Crippen LogP contribution in [0.3, 0.4) is 0 Å². The number of nitrogens with zero attached hydrogens (tertiary/aromatic N) is 4. The monoisotopic (exact) mass is 209 g/mol. The van der Waals surface area contributed by atoms with Gasteiger partial charge in [0.2, 0.25) is 0 Å². The zero-order valence-electron chi connectivity index (χ0n) is 9.64. The maximum atomic E-state index is 4.10. The largest absolute Gasteiger partial charge is 0.307 e. The minimum atomic E-state index is 0.243. The Hall–Kier alpha value is -0.970. The van der Waals surface area contributed by atoms with Gasteiger partial charge >= 0.3 is 0 Å². The van der Waals surface area contributed by atoms with Crippen LogP contribution in [0.5, 0.6) is 0 Å². The number of hydrogen-bond donors (Lipinski definition) is 1. The van der Waals surface area contributed by atoms with Gasteiger partial charge in [0.15, 0.2) is 5.82 Å². The predicted octanol–water partition coefficient (Wildman–Crippen LogP) is 1.31. The van der Waals surface area contributed by atoms with Gasteiger partial charge < -0.3 is 5.32 Å². The molecule has 0 bridgehead atoms. The maximum Gasteiger partial charge on any atom is 0.168 e. The van der Waals surface area contributed by atoms with Crippen LogP contribution in [0, 0.1) is 5.92 Å². The lowest BCUT2D eigenvalue weighted by atomic mass is 10.3. The molecule has 1 N–H and O–H groups in total. The Balaban J connectivity index is 2.04. The first kappa shape index (κ1) is 10.5. The van der Waals surface area contributed by atoms with E-state index in [1.807, 2.05) is 4.68 Å². The molecule has 5 heteroatoms. The second-order valence-electron chi connectivity index (χ2n) is 4.44. The third-order valence-corrected chi connectivity index (χ3v) is 2.99. The van der Waals surface area contributed by atoms with Crippen molar-refractivity contribution in [2.24, 2.45) is 5.92 Å². The summed E-state index contributed by atoms with van der Waals surface area (Å²) in [6, 6.07) is 0.772. The third kappa shape index (κ3) is 2.17. The van der Waals surface area contributed by atoms with Crippen LogP contribution < -0.4 is 5.32 Å². The van der Waals surface area contributed by atoms with Crippen molar-refractivity contribution < 1.29 is 0 Å². The summed E-state index contributed by atoms with van der Waals surface area (Å²) in [7, 11) is 0. The van der Waals surface area contributed by atoms with Crippen molar-refractivity contribution in [3.8, 4) is 0 Å². The fourth-order valence-electron chi connectivity index (χ4n) is 1.82. The molecular weight excluding hydrogens is 190 g/mol. The molecular formula is C10H19N5. The molecule has 1 saturated carbocycles. The number of hydrogen-bond acceptors (Lipinski definition) is 4. The van der Waals surface area contributed by atoms with Gasteiger partial charge in [-0.2, -0.15) is 0 Å². The zero-order chi connectivity index (χ0) is 10.8. The van der Waals surface area contributed by atoms with Crippen LogP contribution in [-0.2, 0) is 0 Å². The van der Waals surface area contributed by atoms with E-state index in [0.717, 1.165) is 24.7 Å². The van der Waals surface area contributed by atoms with Crippen LogP contribution in [0.2, 0.25) is 0 Å². The van der Waals surface area contributed by atoms with Gasteiger partial charge in [0, 0.05) is 0 Å². The van der Waals surface area contributed by atoms with E-state index in [4.69, 9.17) is 0 Å². The fourth-order valence-corrected chi connectivity index (χ4v) is 1.82. The SMILES string of the molecule is CCCNC(C)c1nnnn1C1CC1C. The first-order valence-corrected chi connectivity index (χ1v) is 5.75. The van der Waals surface area contributed by atoms with Crippen LogP contribution >= 0.6 is 0 Å². The van der Waals surface area contributed by atoms with Crippen molar-refractivity contribution in [3.05, 3.63) is 5.82 Å². The number of nitrogens with one attached hydrogen (secondary N) is 1. The minimum Gasteiger partial charge on any atom is -0.307 e. The Morgan fingerprint density at radius 2 is 2.33 bits per heavy atom. The van der Waals surface area contributed by atoms with Gasteiger partial charge in [-0.25, -0.2) is 4.68 Å². The van der Waals surface area contributed by atoms with E-state index < -0.39 is 0 Å². The summed E-state index contributed by atoms with van der Waals surface area (Å²) in [5.41, 5.74) is 0. The quantitative estimate of drug-likeness (QED) is 0.794. The molecule has 1 aliphatic rings. The first-order valence-electron chi connectivity index (χ1n) is 5.75. The summed E-state index contributed by atoms with van der Waals surface area (Å²) in [6.45, 7) is 7.52. The van der Waals surface area contributed by atoms with Crippen LogP contribution in [0.1, 0.15) is 51.5 Å². The molecule has 1 fully saturated rings. The molecule has 0 aromatic carbocycles. The van der Waals surface area contributed by atoms with Crippen molar-refractivity contribution in [3.63, 3.8) is 0 Å². The topological polar surface area (TPSA) is 55.6 Å². The normalized spacial score (nSPS) is 26.6. The Kier molecular flexibility index (Phi) is 3.00. The zero-order valence-corrected chi connectivity index (χ0v) is 9.64. The molecule has 2 rings (SSSR count). The van der Waals surface area contributed by atoms with Gasteiger partial charge in [-0.05, 0) is 42.7 Å². The van der Waals surface area contributed by atoms with E-state index >= 15 is 0 Å². The number of tetrazole rings is 1. The van der Waals surface area contributed by atoms with Gasteiger partial charge in [0.1, 0.15) is 0 Å². The molecule has 84 valence electrons. The van der Waals surface area contributed by atoms with Crippen LogP contribution in [0.4, 0.5) is 0 Å². The van der Waals surface area contributed by atoms with Gasteiger partial charge in [-0.15, -0.1) is 5.10 Å². The Bertz CT molecular complexity index is 321. The van der Waals surface area contributed by atoms with Gasteiger partial charge in [0.25, 0.3) is 0 Å². The molecule has 0 spiro atoms. The van der Waals surface area contributed by atoms with Crippen LogP contribution in [0.25, 0.3) is 0 Å². The molecule has 0 saturated heterocycles. The fraction of sp³-hybridized carbons (Fsp3) is 0.900. The molecule has 3 atom stereocenters. The van der Waals surface area contributed by atoms with Crippen molar-refractivity contribution in [2.45, 2.75) is 45.7 Å². The molecule has 3 unspecified atom stereocenters. The number of aromatic nitrogens is 4. The van der Waals surface area contributed by atoms with Crippen LogP contribution in [0.15, 0.2) is 0 Å². The van der Waals surface area contributed by atoms with E-state index in [-0.39, 0.29) is 6.04 Å². The molecule has 1 aromatic rings. The van der Waals surface area contributed by atoms with E-state index in [1.54, 1.807) is 0 Å². The second-order valence-corrected chi connectivity index (χ2v) is 4.44. The van der Waals surface area contributed by atoms with Crippen molar-refractivity contribution in [1.29, 1.82) is 0 Å². The summed E-state index contributed by atoms with van der Waals surface area (Å²) in [6.07, 6.45) is 2.34. The molecule has 15 heavy (non-hydrogen) atoms.